The predicted octanol–water partition coefficient (Wildman–Crippen LogP) is 0.211. The van der Waals surface area contributed by atoms with E-state index in [1.807, 2.05) is 6.92 Å². The van der Waals surface area contributed by atoms with Crippen molar-refractivity contribution in [2.45, 2.75) is 30.0 Å². The summed E-state index contributed by atoms with van der Waals surface area (Å²) in [6.07, 6.45) is 2.37. The van der Waals surface area contributed by atoms with Gasteiger partial charge in [-0.1, -0.05) is 0 Å². The molecule has 2 unspecified atom stereocenters. The lowest BCUT2D eigenvalue weighted by atomic mass is 10.2. The number of amides is 1. The van der Waals surface area contributed by atoms with Gasteiger partial charge in [-0.25, -0.2) is 13.6 Å². The molecule has 9 heteroatoms. The van der Waals surface area contributed by atoms with E-state index in [4.69, 9.17) is 5.14 Å². The van der Waals surface area contributed by atoms with Gasteiger partial charge in [-0.05, 0) is 25.5 Å². The number of hydrogen-bond donors (Lipinski definition) is 2. The molecule has 20 heavy (non-hydrogen) atoms. The molecule has 0 saturated heterocycles. The average Bonchev–Trinajstić information content (AvgIpc) is 2.74. The first-order valence-electron chi connectivity index (χ1n) is 5.89. The zero-order valence-corrected chi connectivity index (χ0v) is 13.7. The Hall–Kier alpha value is -0.770. The minimum Gasteiger partial charge on any atom is -0.353 e. The number of carbonyl (C=O) groups excluding carboxylic acids is 1. The summed E-state index contributed by atoms with van der Waals surface area (Å²) in [7, 11) is -4.58. The van der Waals surface area contributed by atoms with Crippen molar-refractivity contribution in [2.24, 2.45) is 5.14 Å². The summed E-state index contributed by atoms with van der Waals surface area (Å²) >= 11 is 0.991. The number of carbonyl (C=O) groups is 1. The van der Waals surface area contributed by atoms with E-state index in [-0.39, 0.29) is 22.6 Å². The van der Waals surface area contributed by atoms with E-state index in [0.717, 1.165) is 11.3 Å². The molecule has 1 rings (SSSR count). The third-order valence-electron chi connectivity index (χ3n) is 2.50. The molecular formula is C11H18N2O4S3. The summed E-state index contributed by atoms with van der Waals surface area (Å²) in [5, 5.41) is 7.79. The van der Waals surface area contributed by atoms with Gasteiger partial charge in [0.15, 0.2) is 0 Å². The topological polar surface area (TPSA) is 106 Å². The largest absolute Gasteiger partial charge is 0.353 e. The second-order valence-electron chi connectivity index (χ2n) is 4.48. The van der Waals surface area contributed by atoms with Crippen molar-refractivity contribution in [1.82, 2.24) is 5.32 Å². The van der Waals surface area contributed by atoms with E-state index in [1.54, 1.807) is 12.3 Å². The Balaban J connectivity index is 2.50. The first-order valence-corrected chi connectivity index (χ1v) is 9.98. The SMILES string of the molecule is CC(CCS(C)=O)NC(=O)Cc1ccc(S(N)(=O)=O)s1. The zero-order chi connectivity index (χ0) is 15.3. The minimum atomic E-state index is -3.71. The molecular weight excluding hydrogens is 320 g/mol. The lowest BCUT2D eigenvalue weighted by Crippen LogP contribution is -2.34. The van der Waals surface area contributed by atoms with Crippen LogP contribution in [0.3, 0.4) is 0 Å². The summed E-state index contributed by atoms with van der Waals surface area (Å²) in [5.41, 5.74) is 0. The molecule has 114 valence electrons. The lowest BCUT2D eigenvalue weighted by molar-refractivity contribution is -0.121. The second kappa shape index (κ2) is 7.30. The van der Waals surface area contributed by atoms with Crippen LogP contribution in [0, 0.1) is 0 Å². The Morgan fingerprint density at radius 3 is 2.65 bits per heavy atom. The summed E-state index contributed by atoms with van der Waals surface area (Å²) in [6.45, 7) is 1.84. The van der Waals surface area contributed by atoms with Crippen LogP contribution >= 0.6 is 11.3 Å². The highest BCUT2D eigenvalue weighted by atomic mass is 32.2. The van der Waals surface area contributed by atoms with Gasteiger partial charge in [0.1, 0.15) is 4.21 Å². The van der Waals surface area contributed by atoms with Crippen LogP contribution in [0.15, 0.2) is 16.3 Å². The van der Waals surface area contributed by atoms with E-state index >= 15 is 0 Å². The average molecular weight is 338 g/mol. The summed E-state index contributed by atoms with van der Waals surface area (Å²) in [6, 6.07) is 2.91. The number of nitrogens with two attached hydrogens (primary N) is 1. The molecule has 0 fully saturated rings. The van der Waals surface area contributed by atoms with Gasteiger partial charge >= 0.3 is 0 Å². The molecule has 0 spiro atoms. The molecule has 0 saturated carbocycles. The van der Waals surface area contributed by atoms with Crippen molar-refractivity contribution in [3.63, 3.8) is 0 Å². The molecule has 2 atom stereocenters. The second-order valence-corrected chi connectivity index (χ2v) is 8.99. The Labute approximate surface area is 125 Å². The number of hydrogen-bond acceptors (Lipinski definition) is 5. The third-order valence-corrected chi connectivity index (χ3v) is 5.83. The van der Waals surface area contributed by atoms with Crippen LogP contribution in [-0.2, 0) is 32.0 Å². The van der Waals surface area contributed by atoms with Gasteiger partial charge in [0, 0.05) is 33.7 Å². The summed E-state index contributed by atoms with van der Waals surface area (Å²) in [5.74, 6) is 0.345. The smallest absolute Gasteiger partial charge is 0.247 e. The van der Waals surface area contributed by atoms with Crippen molar-refractivity contribution < 1.29 is 17.4 Å². The monoisotopic (exact) mass is 338 g/mol. The first-order chi connectivity index (χ1) is 9.18. The van der Waals surface area contributed by atoms with E-state index in [2.05, 4.69) is 5.32 Å². The first kappa shape index (κ1) is 17.3. The number of primary sulfonamides is 1. The van der Waals surface area contributed by atoms with E-state index in [1.165, 1.54) is 6.07 Å². The molecule has 1 aromatic heterocycles. The maximum absolute atomic E-state index is 11.8. The normalized spacial score (nSPS) is 14.8. The molecule has 0 bridgehead atoms. The van der Waals surface area contributed by atoms with E-state index in [0.29, 0.717) is 17.1 Å². The molecule has 0 aromatic carbocycles. The van der Waals surface area contributed by atoms with Gasteiger partial charge in [0.05, 0.1) is 6.42 Å². The van der Waals surface area contributed by atoms with Crippen LogP contribution in [0.2, 0.25) is 0 Å². The molecule has 0 aliphatic rings. The number of thiophene rings is 1. The quantitative estimate of drug-likeness (QED) is 0.741. The Morgan fingerprint density at radius 2 is 2.15 bits per heavy atom. The number of rotatable bonds is 7. The van der Waals surface area contributed by atoms with Crippen LogP contribution in [0.4, 0.5) is 0 Å². The zero-order valence-electron chi connectivity index (χ0n) is 11.3. The number of sulfonamides is 1. The Bertz CT molecular complexity index is 595. The van der Waals surface area contributed by atoms with Gasteiger partial charge < -0.3 is 5.32 Å². The lowest BCUT2D eigenvalue weighted by Gasteiger charge is -2.12. The standard InChI is InChI=1S/C11H18N2O4S3/c1-8(5-6-19(2)15)13-10(14)7-9-3-4-11(18-9)20(12,16)17/h3-4,8H,5-7H2,1-2H3,(H,13,14)(H2,12,16,17). The molecule has 1 heterocycles. The fourth-order valence-corrected chi connectivity index (χ4v) is 3.97. The van der Waals surface area contributed by atoms with Crippen molar-refractivity contribution in [1.29, 1.82) is 0 Å². The Kier molecular flexibility index (Phi) is 6.31. The van der Waals surface area contributed by atoms with Crippen molar-refractivity contribution >= 4 is 38.1 Å². The van der Waals surface area contributed by atoms with Gasteiger partial charge in [0.2, 0.25) is 15.9 Å². The van der Waals surface area contributed by atoms with E-state index in [9.17, 15) is 17.4 Å². The molecule has 3 N–H and O–H groups in total. The maximum Gasteiger partial charge on any atom is 0.247 e. The fourth-order valence-electron chi connectivity index (χ4n) is 1.51. The molecule has 0 aliphatic heterocycles. The van der Waals surface area contributed by atoms with E-state index < -0.39 is 20.8 Å². The highest BCUT2D eigenvalue weighted by Gasteiger charge is 2.14. The molecule has 1 aromatic rings. The van der Waals surface area contributed by atoms with Crippen molar-refractivity contribution in [3.05, 3.63) is 17.0 Å². The van der Waals surface area contributed by atoms with Gasteiger partial charge in [-0.2, -0.15) is 0 Å². The molecule has 6 nitrogen and oxygen atoms in total. The molecule has 0 aliphatic carbocycles. The van der Waals surface area contributed by atoms with Gasteiger partial charge in [-0.3, -0.25) is 9.00 Å². The van der Waals surface area contributed by atoms with Gasteiger partial charge in [-0.15, -0.1) is 11.3 Å². The van der Waals surface area contributed by atoms with Crippen molar-refractivity contribution in [2.75, 3.05) is 12.0 Å². The van der Waals surface area contributed by atoms with Gasteiger partial charge in [0.25, 0.3) is 0 Å². The third kappa shape index (κ3) is 6.12. The summed E-state index contributed by atoms with van der Waals surface area (Å²) < 4.78 is 33.2. The highest BCUT2D eigenvalue weighted by molar-refractivity contribution is 7.91. The van der Waals surface area contributed by atoms with Crippen molar-refractivity contribution in [3.8, 4) is 0 Å². The molecule has 0 radical (unpaired) electrons. The highest BCUT2D eigenvalue weighted by Crippen LogP contribution is 2.20. The predicted molar refractivity (Wildman–Crippen MR) is 80.6 cm³/mol. The van der Waals surface area contributed by atoms with Crippen LogP contribution in [0.5, 0.6) is 0 Å². The van der Waals surface area contributed by atoms with Crippen LogP contribution in [-0.4, -0.2) is 36.6 Å². The van der Waals surface area contributed by atoms with Crippen LogP contribution in [0.1, 0.15) is 18.2 Å². The van der Waals surface area contributed by atoms with Crippen LogP contribution < -0.4 is 10.5 Å². The minimum absolute atomic E-state index is 0.0507. The Morgan fingerprint density at radius 1 is 1.50 bits per heavy atom. The van der Waals surface area contributed by atoms with Crippen LogP contribution in [0.25, 0.3) is 0 Å². The maximum atomic E-state index is 11.8. The fraction of sp³-hybridized carbons (Fsp3) is 0.545. The number of nitrogens with one attached hydrogen (secondary N) is 1. The summed E-state index contributed by atoms with van der Waals surface area (Å²) in [4.78, 5) is 12.4. The molecule has 1 amide bonds.